The number of nitrogens with one attached hydrogen (secondary N) is 2. The van der Waals surface area contributed by atoms with Crippen LogP contribution < -0.4 is 15.4 Å². The lowest BCUT2D eigenvalue weighted by Gasteiger charge is -2.16. The number of furan rings is 1. The molecule has 0 saturated carbocycles. The van der Waals surface area contributed by atoms with E-state index in [0.29, 0.717) is 40.5 Å². The van der Waals surface area contributed by atoms with Crippen LogP contribution in [0.15, 0.2) is 57.9 Å². The van der Waals surface area contributed by atoms with Crippen molar-refractivity contribution in [2.45, 2.75) is 13.5 Å². The quantitative estimate of drug-likeness (QED) is 0.527. The van der Waals surface area contributed by atoms with E-state index < -0.39 is 0 Å². The summed E-state index contributed by atoms with van der Waals surface area (Å²) < 4.78 is 11.3. The summed E-state index contributed by atoms with van der Waals surface area (Å²) in [7, 11) is 0. The largest absolute Gasteiger partial charge is 0.488 e. The zero-order valence-electron chi connectivity index (χ0n) is 16.5. The topological polar surface area (TPSA) is 93.5 Å². The van der Waals surface area contributed by atoms with Crippen LogP contribution in [0, 0.1) is 0 Å². The van der Waals surface area contributed by atoms with Crippen LogP contribution >= 0.6 is 22.9 Å². The van der Waals surface area contributed by atoms with Crippen molar-refractivity contribution in [2.75, 3.05) is 11.9 Å². The third-order valence-electron chi connectivity index (χ3n) is 4.32. The Bertz CT molecular complexity index is 1200. The molecule has 3 aromatic rings. The van der Waals surface area contributed by atoms with Crippen molar-refractivity contribution in [3.05, 3.63) is 69.8 Å². The minimum absolute atomic E-state index is 0.131. The molecule has 4 rings (SSSR count). The predicted molar refractivity (Wildman–Crippen MR) is 120 cm³/mol. The number of amides is 2. The molecule has 0 fully saturated rings. The summed E-state index contributed by atoms with van der Waals surface area (Å²) in [6.45, 7) is 2.13. The number of benzene rings is 1. The number of aromatic nitrogens is 1. The Hall–Kier alpha value is -3.36. The first-order valence-electron chi connectivity index (χ1n) is 9.37. The third-order valence-corrected chi connectivity index (χ3v) is 5.31. The fourth-order valence-corrected chi connectivity index (χ4v) is 3.74. The fraction of sp³-hybridized carbons (Fsp3) is 0.136. The van der Waals surface area contributed by atoms with E-state index in [1.807, 2.05) is 18.2 Å². The number of fused-ring (bicyclic) bond motifs is 1. The van der Waals surface area contributed by atoms with Gasteiger partial charge in [0.2, 0.25) is 11.8 Å². The zero-order chi connectivity index (χ0) is 21.8. The Balaban J connectivity index is 1.37. The van der Waals surface area contributed by atoms with Crippen LogP contribution in [0.5, 0.6) is 5.75 Å². The Morgan fingerprint density at radius 1 is 1.29 bits per heavy atom. The highest BCUT2D eigenvalue weighted by Gasteiger charge is 2.12. The van der Waals surface area contributed by atoms with Gasteiger partial charge in [0.15, 0.2) is 10.9 Å². The lowest BCUT2D eigenvalue weighted by Crippen LogP contribution is -2.18. The molecule has 0 spiro atoms. The van der Waals surface area contributed by atoms with Crippen LogP contribution in [-0.2, 0) is 16.1 Å². The molecule has 158 valence electrons. The molecule has 1 aromatic carbocycles. The molecule has 31 heavy (non-hydrogen) atoms. The van der Waals surface area contributed by atoms with Crippen LogP contribution in [0.25, 0.3) is 17.5 Å². The molecular weight excluding hydrogens is 438 g/mol. The Morgan fingerprint density at radius 3 is 3.00 bits per heavy atom. The average molecular weight is 456 g/mol. The van der Waals surface area contributed by atoms with E-state index in [1.54, 1.807) is 29.7 Å². The summed E-state index contributed by atoms with van der Waals surface area (Å²) in [5.74, 6) is 1.52. The van der Waals surface area contributed by atoms with Gasteiger partial charge in [0, 0.05) is 29.0 Å². The molecule has 0 radical (unpaired) electrons. The number of thiazole rings is 1. The first-order chi connectivity index (χ1) is 15.0. The molecule has 9 heteroatoms. The summed E-state index contributed by atoms with van der Waals surface area (Å²) in [5.41, 5.74) is 2.34. The van der Waals surface area contributed by atoms with Crippen LogP contribution in [0.2, 0.25) is 5.02 Å². The van der Waals surface area contributed by atoms with Gasteiger partial charge in [-0.1, -0.05) is 17.7 Å². The highest BCUT2D eigenvalue weighted by atomic mass is 35.5. The number of hydrogen-bond acceptors (Lipinski definition) is 6. The number of ether oxygens (including phenoxy) is 1. The number of rotatable bonds is 6. The lowest BCUT2D eigenvalue weighted by molar-refractivity contribution is -0.119. The normalized spacial score (nSPS) is 12.8. The summed E-state index contributed by atoms with van der Waals surface area (Å²) in [6, 6.07) is 8.96. The molecule has 0 aliphatic carbocycles. The second-order valence-electron chi connectivity index (χ2n) is 6.73. The van der Waals surface area contributed by atoms with Crippen molar-refractivity contribution in [3.63, 3.8) is 0 Å². The smallest absolute Gasteiger partial charge is 0.250 e. The Morgan fingerprint density at radius 2 is 2.16 bits per heavy atom. The highest BCUT2D eigenvalue weighted by Crippen LogP contribution is 2.29. The van der Waals surface area contributed by atoms with Crippen molar-refractivity contribution in [1.29, 1.82) is 0 Å². The Labute approximate surface area is 187 Å². The molecule has 0 atom stereocenters. The van der Waals surface area contributed by atoms with E-state index in [4.69, 9.17) is 20.8 Å². The molecule has 1 aliphatic heterocycles. The number of nitrogens with zero attached hydrogens (tertiary/aromatic N) is 1. The fourth-order valence-electron chi connectivity index (χ4n) is 2.86. The van der Waals surface area contributed by atoms with Gasteiger partial charge in [-0.15, -0.1) is 11.3 Å². The maximum Gasteiger partial charge on any atom is 0.250 e. The summed E-state index contributed by atoms with van der Waals surface area (Å²) >= 11 is 7.32. The van der Waals surface area contributed by atoms with Gasteiger partial charge in [-0.2, -0.15) is 0 Å². The predicted octanol–water partition coefficient (Wildman–Crippen LogP) is 4.66. The standard InChI is InChI=1S/C22H18ClN3O4S/c1-13(27)24-10-17-4-6-20(30-17)18-12-31-22(25-18)26-21(28)7-2-14-8-15-9-16(23)3-5-19(15)29-11-14/h2-9,12H,10-11H2,1H3,(H,24,27)(H,25,26,28)/b7-2+. The number of halogens is 1. The number of carbonyl (C=O) groups is 2. The molecule has 2 aromatic heterocycles. The summed E-state index contributed by atoms with van der Waals surface area (Å²) in [6.07, 6.45) is 5.07. The van der Waals surface area contributed by atoms with Crippen molar-refractivity contribution in [2.24, 2.45) is 0 Å². The molecule has 3 heterocycles. The zero-order valence-corrected chi connectivity index (χ0v) is 18.0. The van der Waals surface area contributed by atoms with Gasteiger partial charge < -0.3 is 14.5 Å². The van der Waals surface area contributed by atoms with Gasteiger partial charge in [0.25, 0.3) is 0 Å². The maximum absolute atomic E-state index is 12.3. The van der Waals surface area contributed by atoms with E-state index in [2.05, 4.69) is 15.6 Å². The van der Waals surface area contributed by atoms with Gasteiger partial charge in [-0.25, -0.2) is 4.98 Å². The van der Waals surface area contributed by atoms with E-state index in [1.165, 1.54) is 24.3 Å². The van der Waals surface area contributed by atoms with Crippen molar-refractivity contribution < 1.29 is 18.7 Å². The first kappa shape index (κ1) is 20.9. The van der Waals surface area contributed by atoms with Gasteiger partial charge >= 0.3 is 0 Å². The van der Waals surface area contributed by atoms with Gasteiger partial charge in [0.05, 0.1) is 6.54 Å². The van der Waals surface area contributed by atoms with Crippen molar-refractivity contribution in [1.82, 2.24) is 10.3 Å². The average Bonchev–Trinajstić information content (AvgIpc) is 3.40. The van der Waals surface area contributed by atoms with E-state index in [9.17, 15) is 9.59 Å². The molecule has 1 aliphatic rings. The van der Waals surface area contributed by atoms with E-state index >= 15 is 0 Å². The van der Waals surface area contributed by atoms with Crippen molar-refractivity contribution in [3.8, 4) is 17.2 Å². The monoisotopic (exact) mass is 455 g/mol. The maximum atomic E-state index is 12.3. The summed E-state index contributed by atoms with van der Waals surface area (Å²) in [5, 5.41) is 8.28. The SMILES string of the molecule is CC(=O)NCc1ccc(-c2csc(NC(=O)/C=C/C3=Cc4cc(Cl)ccc4OC3)n2)o1. The van der Waals surface area contributed by atoms with Crippen molar-refractivity contribution >= 4 is 46.0 Å². The van der Waals surface area contributed by atoms with Crippen LogP contribution in [-0.4, -0.2) is 23.4 Å². The second kappa shape index (κ2) is 9.20. The molecule has 2 N–H and O–H groups in total. The van der Waals surface area contributed by atoms with Gasteiger partial charge in [-0.3, -0.25) is 14.9 Å². The molecule has 0 saturated heterocycles. The molecule has 0 unspecified atom stereocenters. The molecule has 7 nitrogen and oxygen atoms in total. The van der Waals surface area contributed by atoms with Gasteiger partial charge in [-0.05, 0) is 42.0 Å². The molecule has 0 bridgehead atoms. The molecular formula is C22H18ClN3O4S. The number of carbonyl (C=O) groups excluding carboxylic acids is 2. The van der Waals surface area contributed by atoms with E-state index in [-0.39, 0.29) is 11.8 Å². The summed E-state index contributed by atoms with van der Waals surface area (Å²) in [4.78, 5) is 27.6. The van der Waals surface area contributed by atoms with Crippen LogP contribution in [0.1, 0.15) is 18.2 Å². The Kier molecular flexibility index (Phi) is 6.20. The van der Waals surface area contributed by atoms with Crippen LogP contribution in [0.3, 0.4) is 0 Å². The minimum Gasteiger partial charge on any atom is -0.488 e. The van der Waals surface area contributed by atoms with Crippen LogP contribution in [0.4, 0.5) is 5.13 Å². The number of anilines is 1. The van der Waals surface area contributed by atoms with Gasteiger partial charge in [0.1, 0.15) is 23.8 Å². The second-order valence-corrected chi connectivity index (χ2v) is 8.02. The molecule has 2 amide bonds. The first-order valence-corrected chi connectivity index (χ1v) is 10.6. The lowest BCUT2D eigenvalue weighted by atomic mass is 10.1. The minimum atomic E-state index is -0.301. The third kappa shape index (κ3) is 5.42. The number of hydrogen-bond donors (Lipinski definition) is 2. The van der Waals surface area contributed by atoms with E-state index in [0.717, 1.165) is 16.9 Å². The highest BCUT2D eigenvalue weighted by molar-refractivity contribution is 7.14.